The zero-order valence-corrected chi connectivity index (χ0v) is 10.6. The van der Waals surface area contributed by atoms with Crippen LogP contribution in [0.4, 0.5) is 0 Å². The summed E-state index contributed by atoms with van der Waals surface area (Å²) in [7, 11) is 1.62. The van der Waals surface area contributed by atoms with Gasteiger partial charge in [-0.1, -0.05) is 30.3 Å². The van der Waals surface area contributed by atoms with Crippen molar-refractivity contribution < 1.29 is 19.3 Å². The number of aliphatic hydroxyl groups is 1. The second-order valence-corrected chi connectivity index (χ2v) is 4.43. The molecule has 1 aromatic carbocycles. The molecule has 1 heterocycles. The lowest BCUT2D eigenvalue weighted by molar-refractivity contribution is -0.230. The fraction of sp³-hybridized carbons (Fsp3) is 0.571. The number of rotatable bonds is 5. The monoisotopic (exact) mass is 252 g/mol. The molecule has 0 aliphatic carbocycles. The van der Waals surface area contributed by atoms with Crippen LogP contribution in [-0.4, -0.2) is 37.3 Å². The Kier molecular flexibility index (Phi) is 5.13. The van der Waals surface area contributed by atoms with Gasteiger partial charge in [0.1, 0.15) is 6.10 Å². The molecule has 18 heavy (non-hydrogen) atoms. The van der Waals surface area contributed by atoms with Crippen molar-refractivity contribution in [3.05, 3.63) is 35.9 Å². The Balaban J connectivity index is 1.85. The Labute approximate surface area is 107 Å². The van der Waals surface area contributed by atoms with Gasteiger partial charge in [-0.15, -0.1) is 0 Å². The van der Waals surface area contributed by atoms with Crippen LogP contribution in [0, 0.1) is 0 Å². The SMILES string of the molecule is CO[C@@H]1CC[C@H](OCc2ccccc2)[C@@H](CO)O1. The first-order valence-corrected chi connectivity index (χ1v) is 6.28. The summed E-state index contributed by atoms with van der Waals surface area (Å²) in [5.41, 5.74) is 1.13. The van der Waals surface area contributed by atoms with Gasteiger partial charge in [-0.3, -0.25) is 0 Å². The zero-order chi connectivity index (χ0) is 12.8. The van der Waals surface area contributed by atoms with Crippen LogP contribution in [0.15, 0.2) is 30.3 Å². The third-order valence-electron chi connectivity index (χ3n) is 3.18. The van der Waals surface area contributed by atoms with Crippen LogP contribution in [0.25, 0.3) is 0 Å². The highest BCUT2D eigenvalue weighted by Crippen LogP contribution is 2.23. The van der Waals surface area contributed by atoms with Crippen LogP contribution >= 0.6 is 0 Å². The summed E-state index contributed by atoms with van der Waals surface area (Å²) in [6, 6.07) is 10.00. The van der Waals surface area contributed by atoms with Gasteiger partial charge in [-0.2, -0.15) is 0 Å². The molecule has 4 heteroatoms. The van der Waals surface area contributed by atoms with Crippen LogP contribution in [0.2, 0.25) is 0 Å². The number of ether oxygens (including phenoxy) is 3. The largest absolute Gasteiger partial charge is 0.394 e. The maximum atomic E-state index is 9.31. The van der Waals surface area contributed by atoms with Crippen molar-refractivity contribution in [1.82, 2.24) is 0 Å². The Morgan fingerprint density at radius 3 is 2.72 bits per heavy atom. The molecule has 4 nitrogen and oxygen atoms in total. The Morgan fingerprint density at radius 2 is 2.06 bits per heavy atom. The number of aliphatic hydroxyl groups excluding tert-OH is 1. The summed E-state index contributed by atoms with van der Waals surface area (Å²) in [6.07, 6.45) is 1.05. The Hall–Kier alpha value is -0.940. The number of hydrogen-bond acceptors (Lipinski definition) is 4. The maximum Gasteiger partial charge on any atom is 0.157 e. The summed E-state index contributed by atoms with van der Waals surface area (Å²) in [6.45, 7) is 0.502. The van der Waals surface area contributed by atoms with Gasteiger partial charge >= 0.3 is 0 Å². The predicted molar refractivity (Wildman–Crippen MR) is 67.0 cm³/mol. The molecular weight excluding hydrogens is 232 g/mol. The number of hydrogen-bond donors (Lipinski definition) is 1. The van der Waals surface area contributed by atoms with E-state index in [4.69, 9.17) is 14.2 Å². The minimum atomic E-state index is -0.299. The van der Waals surface area contributed by atoms with E-state index in [1.807, 2.05) is 30.3 Å². The summed E-state index contributed by atoms with van der Waals surface area (Å²) < 4.78 is 16.6. The van der Waals surface area contributed by atoms with E-state index in [1.54, 1.807) is 7.11 Å². The van der Waals surface area contributed by atoms with Crippen LogP contribution in [0.3, 0.4) is 0 Å². The highest BCUT2D eigenvalue weighted by molar-refractivity contribution is 5.13. The van der Waals surface area contributed by atoms with Crippen LogP contribution < -0.4 is 0 Å². The molecule has 0 amide bonds. The molecule has 2 rings (SSSR count). The molecule has 1 aromatic rings. The van der Waals surface area contributed by atoms with Gasteiger partial charge in [0.15, 0.2) is 6.29 Å². The molecule has 1 N–H and O–H groups in total. The number of benzene rings is 1. The molecule has 0 radical (unpaired) electrons. The first-order chi connectivity index (χ1) is 8.83. The van der Waals surface area contributed by atoms with Gasteiger partial charge in [-0.25, -0.2) is 0 Å². The van der Waals surface area contributed by atoms with Crippen molar-refractivity contribution in [2.24, 2.45) is 0 Å². The minimum absolute atomic E-state index is 0.0423. The molecule has 0 saturated carbocycles. The molecule has 100 valence electrons. The van der Waals surface area contributed by atoms with E-state index < -0.39 is 0 Å². The lowest BCUT2D eigenvalue weighted by Gasteiger charge is -2.34. The van der Waals surface area contributed by atoms with E-state index in [-0.39, 0.29) is 25.1 Å². The van der Waals surface area contributed by atoms with E-state index in [0.29, 0.717) is 6.61 Å². The molecular formula is C14H20O4. The Bertz CT molecular complexity index is 341. The standard InChI is InChI=1S/C14H20O4/c1-16-14-8-7-12(13(9-15)18-14)17-10-11-5-3-2-4-6-11/h2-6,12-15H,7-10H2,1H3/t12-,13+,14-/m0/s1. The minimum Gasteiger partial charge on any atom is -0.394 e. The predicted octanol–water partition coefficient (Wildman–Crippen LogP) is 1.72. The van der Waals surface area contributed by atoms with Gasteiger partial charge in [-0.05, 0) is 12.0 Å². The van der Waals surface area contributed by atoms with E-state index in [0.717, 1.165) is 18.4 Å². The zero-order valence-electron chi connectivity index (χ0n) is 10.6. The second kappa shape index (κ2) is 6.85. The molecule has 0 aromatic heterocycles. The van der Waals surface area contributed by atoms with E-state index >= 15 is 0 Å². The van der Waals surface area contributed by atoms with E-state index in [1.165, 1.54) is 0 Å². The average Bonchev–Trinajstić information content (AvgIpc) is 2.46. The normalized spacial score (nSPS) is 28.2. The summed E-state index contributed by atoms with van der Waals surface area (Å²) >= 11 is 0. The molecule has 0 spiro atoms. The van der Waals surface area contributed by atoms with Crippen LogP contribution in [-0.2, 0) is 20.8 Å². The highest BCUT2D eigenvalue weighted by Gasteiger charge is 2.31. The molecule has 1 aliphatic rings. The lowest BCUT2D eigenvalue weighted by atomic mass is 10.0. The second-order valence-electron chi connectivity index (χ2n) is 4.43. The van der Waals surface area contributed by atoms with Crippen molar-refractivity contribution in [2.75, 3.05) is 13.7 Å². The molecule has 3 atom stereocenters. The molecule has 0 unspecified atom stereocenters. The van der Waals surface area contributed by atoms with Crippen molar-refractivity contribution in [3.63, 3.8) is 0 Å². The third kappa shape index (κ3) is 3.53. The van der Waals surface area contributed by atoms with Gasteiger partial charge in [0, 0.05) is 13.5 Å². The lowest BCUT2D eigenvalue weighted by Crippen LogP contribution is -2.43. The highest BCUT2D eigenvalue weighted by atomic mass is 16.7. The Morgan fingerprint density at radius 1 is 1.28 bits per heavy atom. The average molecular weight is 252 g/mol. The van der Waals surface area contributed by atoms with E-state index in [2.05, 4.69) is 0 Å². The van der Waals surface area contributed by atoms with Crippen molar-refractivity contribution >= 4 is 0 Å². The summed E-state index contributed by atoms with van der Waals surface area (Å²) in [4.78, 5) is 0. The quantitative estimate of drug-likeness (QED) is 0.866. The smallest absolute Gasteiger partial charge is 0.157 e. The molecule has 1 saturated heterocycles. The van der Waals surface area contributed by atoms with Gasteiger partial charge in [0.2, 0.25) is 0 Å². The molecule has 1 aliphatic heterocycles. The maximum absolute atomic E-state index is 9.31. The summed E-state index contributed by atoms with van der Waals surface area (Å²) in [5.74, 6) is 0. The fourth-order valence-corrected chi connectivity index (χ4v) is 2.14. The molecule has 1 fully saturated rings. The van der Waals surface area contributed by atoms with Crippen molar-refractivity contribution in [2.45, 2.75) is 37.9 Å². The first kappa shape index (κ1) is 13.5. The van der Waals surface area contributed by atoms with Gasteiger partial charge in [0.05, 0.1) is 19.3 Å². The van der Waals surface area contributed by atoms with E-state index in [9.17, 15) is 5.11 Å². The summed E-state index contributed by atoms with van der Waals surface area (Å²) in [5, 5.41) is 9.31. The van der Waals surface area contributed by atoms with Crippen molar-refractivity contribution in [3.8, 4) is 0 Å². The topological polar surface area (TPSA) is 47.9 Å². The van der Waals surface area contributed by atoms with Gasteiger partial charge < -0.3 is 19.3 Å². The third-order valence-corrected chi connectivity index (χ3v) is 3.18. The molecule has 0 bridgehead atoms. The number of methoxy groups -OCH3 is 1. The van der Waals surface area contributed by atoms with Gasteiger partial charge in [0.25, 0.3) is 0 Å². The fourth-order valence-electron chi connectivity index (χ4n) is 2.14. The van der Waals surface area contributed by atoms with Crippen LogP contribution in [0.5, 0.6) is 0 Å². The first-order valence-electron chi connectivity index (χ1n) is 6.28. The van der Waals surface area contributed by atoms with Crippen molar-refractivity contribution in [1.29, 1.82) is 0 Å². The van der Waals surface area contributed by atoms with Crippen LogP contribution in [0.1, 0.15) is 18.4 Å².